The zero-order valence-electron chi connectivity index (χ0n) is 11.4. The second kappa shape index (κ2) is 7.71. The topological polar surface area (TPSA) is 41.3 Å². The lowest BCUT2D eigenvalue weighted by atomic mass is 10.2. The fourth-order valence-electron chi connectivity index (χ4n) is 1.88. The molecule has 0 bridgehead atoms. The van der Waals surface area contributed by atoms with Gasteiger partial charge in [0.15, 0.2) is 0 Å². The van der Waals surface area contributed by atoms with Gasteiger partial charge in [-0.25, -0.2) is 0 Å². The molecule has 0 aromatic carbocycles. The predicted molar refractivity (Wildman–Crippen MR) is 75.9 cm³/mol. The van der Waals surface area contributed by atoms with Gasteiger partial charge in [-0.05, 0) is 37.2 Å². The Labute approximate surface area is 114 Å². The van der Waals surface area contributed by atoms with E-state index < -0.39 is 0 Å². The summed E-state index contributed by atoms with van der Waals surface area (Å²) in [5, 5.41) is 3.41. The standard InChI is InChI=1S/C15H21N3O/c1-18(9-4-14-2-6-16-7-3-14)10-8-17-12-15-5-11-19-13-15/h2-3,5-7,11,13,17H,4,8-10,12H2,1H3. The van der Waals surface area contributed by atoms with E-state index in [9.17, 15) is 0 Å². The first-order chi connectivity index (χ1) is 9.34. The number of furan rings is 1. The maximum atomic E-state index is 5.02. The molecule has 2 aromatic heterocycles. The maximum Gasteiger partial charge on any atom is 0.0947 e. The van der Waals surface area contributed by atoms with E-state index in [0.29, 0.717) is 0 Å². The molecule has 0 saturated heterocycles. The lowest BCUT2D eigenvalue weighted by Gasteiger charge is -2.16. The SMILES string of the molecule is CN(CCNCc1ccoc1)CCc1ccncc1. The van der Waals surface area contributed by atoms with Crippen LogP contribution in [0.4, 0.5) is 0 Å². The minimum Gasteiger partial charge on any atom is -0.472 e. The molecule has 2 heterocycles. The Kier molecular flexibility index (Phi) is 5.59. The predicted octanol–water partition coefficient (Wildman–Crippen LogP) is 1.94. The first-order valence-corrected chi connectivity index (χ1v) is 6.64. The van der Waals surface area contributed by atoms with E-state index in [4.69, 9.17) is 4.42 Å². The average molecular weight is 259 g/mol. The molecule has 0 atom stereocenters. The Morgan fingerprint density at radius 2 is 2.00 bits per heavy atom. The fourth-order valence-corrected chi connectivity index (χ4v) is 1.88. The molecule has 0 amide bonds. The zero-order chi connectivity index (χ0) is 13.3. The highest BCUT2D eigenvalue weighted by atomic mass is 16.3. The lowest BCUT2D eigenvalue weighted by Crippen LogP contribution is -2.30. The van der Waals surface area contributed by atoms with Crippen molar-refractivity contribution in [1.82, 2.24) is 15.2 Å². The lowest BCUT2D eigenvalue weighted by molar-refractivity contribution is 0.335. The highest BCUT2D eigenvalue weighted by molar-refractivity contribution is 5.09. The van der Waals surface area contributed by atoms with Crippen LogP contribution < -0.4 is 5.32 Å². The van der Waals surface area contributed by atoms with Crippen LogP contribution in [0.1, 0.15) is 11.1 Å². The highest BCUT2D eigenvalue weighted by Gasteiger charge is 1.99. The Morgan fingerprint density at radius 3 is 2.74 bits per heavy atom. The molecule has 2 aromatic rings. The van der Waals surface area contributed by atoms with Crippen LogP contribution in [0.15, 0.2) is 47.5 Å². The first-order valence-electron chi connectivity index (χ1n) is 6.64. The van der Waals surface area contributed by atoms with Crippen LogP contribution in [0.25, 0.3) is 0 Å². The molecule has 0 unspecified atom stereocenters. The van der Waals surface area contributed by atoms with E-state index >= 15 is 0 Å². The zero-order valence-corrected chi connectivity index (χ0v) is 11.4. The van der Waals surface area contributed by atoms with Crippen molar-refractivity contribution in [3.8, 4) is 0 Å². The van der Waals surface area contributed by atoms with Crippen molar-refractivity contribution in [3.05, 3.63) is 54.2 Å². The van der Waals surface area contributed by atoms with Crippen molar-refractivity contribution in [3.63, 3.8) is 0 Å². The summed E-state index contributed by atoms with van der Waals surface area (Å²) in [7, 11) is 2.15. The third-order valence-electron chi connectivity index (χ3n) is 3.11. The highest BCUT2D eigenvalue weighted by Crippen LogP contribution is 1.99. The van der Waals surface area contributed by atoms with E-state index in [1.807, 2.05) is 18.5 Å². The largest absolute Gasteiger partial charge is 0.472 e. The van der Waals surface area contributed by atoms with Gasteiger partial charge < -0.3 is 14.6 Å². The molecule has 0 spiro atoms. The molecule has 0 aliphatic rings. The number of hydrogen-bond acceptors (Lipinski definition) is 4. The molecule has 4 heteroatoms. The Balaban J connectivity index is 1.56. The molecule has 0 aliphatic heterocycles. The van der Waals surface area contributed by atoms with Gasteiger partial charge in [0, 0.05) is 44.1 Å². The number of pyridine rings is 1. The monoisotopic (exact) mass is 259 g/mol. The van der Waals surface area contributed by atoms with Crippen molar-refractivity contribution in [2.24, 2.45) is 0 Å². The van der Waals surface area contributed by atoms with Crippen molar-refractivity contribution in [2.45, 2.75) is 13.0 Å². The number of nitrogens with zero attached hydrogens (tertiary/aromatic N) is 2. The summed E-state index contributed by atoms with van der Waals surface area (Å²) < 4.78 is 5.02. The molecule has 2 rings (SSSR count). The summed E-state index contributed by atoms with van der Waals surface area (Å²) in [6.45, 7) is 3.97. The van der Waals surface area contributed by atoms with Gasteiger partial charge in [-0.1, -0.05) is 0 Å². The van der Waals surface area contributed by atoms with Gasteiger partial charge in [-0.2, -0.15) is 0 Å². The van der Waals surface area contributed by atoms with E-state index in [1.165, 1.54) is 11.1 Å². The number of likely N-dealkylation sites (N-methyl/N-ethyl adjacent to an activating group) is 1. The summed E-state index contributed by atoms with van der Waals surface area (Å²) in [6, 6.07) is 6.14. The third-order valence-corrected chi connectivity index (χ3v) is 3.11. The quantitative estimate of drug-likeness (QED) is 0.736. The fraction of sp³-hybridized carbons (Fsp3) is 0.400. The molecule has 0 aliphatic carbocycles. The minimum atomic E-state index is 0.870. The summed E-state index contributed by atoms with van der Waals surface area (Å²) in [4.78, 5) is 6.36. The number of nitrogens with one attached hydrogen (secondary N) is 1. The molecular formula is C15H21N3O. The van der Waals surface area contributed by atoms with E-state index in [-0.39, 0.29) is 0 Å². The van der Waals surface area contributed by atoms with Gasteiger partial charge in [-0.15, -0.1) is 0 Å². The van der Waals surface area contributed by atoms with Crippen molar-refractivity contribution in [1.29, 1.82) is 0 Å². The first kappa shape index (κ1) is 13.8. The average Bonchev–Trinajstić information content (AvgIpc) is 2.96. The van der Waals surface area contributed by atoms with Gasteiger partial charge in [-0.3, -0.25) is 4.98 Å². The molecule has 1 N–H and O–H groups in total. The van der Waals surface area contributed by atoms with Gasteiger partial charge in [0.1, 0.15) is 0 Å². The van der Waals surface area contributed by atoms with Crippen molar-refractivity contribution >= 4 is 0 Å². The Hall–Kier alpha value is -1.65. The molecule has 0 radical (unpaired) electrons. The molecular weight excluding hydrogens is 238 g/mol. The van der Waals surface area contributed by atoms with Crippen LogP contribution in [0, 0.1) is 0 Å². The van der Waals surface area contributed by atoms with E-state index in [0.717, 1.165) is 32.6 Å². The third kappa shape index (κ3) is 5.24. The van der Waals surface area contributed by atoms with Crippen LogP contribution >= 0.6 is 0 Å². The normalized spacial score (nSPS) is 11.1. The molecule has 102 valence electrons. The minimum absolute atomic E-state index is 0.870. The van der Waals surface area contributed by atoms with Crippen LogP contribution in [0.5, 0.6) is 0 Å². The number of rotatable bonds is 8. The summed E-state index contributed by atoms with van der Waals surface area (Å²) in [5.74, 6) is 0. The van der Waals surface area contributed by atoms with Gasteiger partial charge in [0.2, 0.25) is 0 Å². The molecule has 4 nitrogen and oxygen atoms in total. The van der Waals surface area contributed by atoms with Crippen LogP contribution in [0.3, 0.4) is 0 Å². The van der Waals surface area contributed by atoms with Crippen LogP contribution in [-0.4, -0.2) is 36.6 Å². The van der Waals surface area contributed by atoms with Crippen molar-refractivity contribution in [2.75, 3.05) is 26.7 Å². The summed E-state index contributed by atoms with van der Waals surface area (Å²) >= 11 is 0. The Morgan fingerprint density at radius 1 is 1.16 bits per heavy atom. The van der Waals surface area contributed by atoms with E-state index in [1.54, 1.807) is 12.5 Å². The second-order valence-corrected chi connectivity index (χ2v) is 4.72. The molecule has 0 saturated carbocycles. The van der Waals surface area contributed by atoms with E-state index in [2.05, 4.69) is 34.4 Å². The Bertz CT molecular complexity index is 442. The number of aromatic nitrogens is 1. The van der Waals surface area contributed by atoms with Crippen molar-refractivity contribution < 1.29 is 4.42 Å². The molecule has 0 fully saturated rings. The van der Waals surface area contributed by atoms with Gasteiger partial charge in [0.25, 0.3) is 0 Å². The maximum absolute atomic E-state index is 5.02. The smallest absolute Gasteiger partial charge is 0.0947 e. The van der Waals surface area contributed by atoms with Gasteiger partial charge >= 0.3 is 0 Å². The number of hydrogen-bond donors (Lipinski definition) is 1. The van der Waals surface area contributed by atoms with Crippen LogP contribution in [0.2, 0.25) is 0 Å². The van der Waals surface area contributed by atoms with Crippen LogP contribution in [-0.2, 0) is 13.0 Å². The second-order valence-electron chi connectivity index (χ2n) is 4.72. The van der Waals surface area contributed by atoms with Gasteiger partial charge in [0.05, 0.1) is 12.5 Å². The molecule has 19 heavy (non-hydrogen) atoms. The summed E-state index contributed by atoms with van der Waals surface area (Å²) in [6.07, 6.45) is 8.25. The summed E-state index contributed by atoms with van der Waals surface area (Å²) in [5.41, 5.74) is 2.53.